The van der Waals surface area contributed by atoms with Crippen molar-refractivity contribution >= 4 is 17.5 Å². The van der Waals surface area contributed by atoms with Gasteiger partial charge in [-0.3, -0.25) is 9.89 Å². The van der Waals surface area contributed by atoms with E-state index in [0.29, 0.717) is 22.8 Å². The summed E-state index contributed by atoms with van der Waals surface area (Å²) in [5.74, 6) is 0.210. The van der Waals surface area contributed by atoms with E-state index in [1.807, 2.05) is 49.4 Å². The zero-order chi connectivity index (χ0) is 18.0. The number of primary amides is 1. The number of aromatic amines is 1. The highest BCUT2D eigenvalue weighted by molar-refractivity contribution is 6.31. The Kier molecular flexibility index (Phi) is 4.76. The zero-order valence-electron chi connectivity index (χ0n) is 14.0. The summed E-state index contributed by atoms with van der Waals surface area (Å²) in [5, 5.41) is 7.75. The van der Waals surface area contributed by atoms with Crippen LogP contribution in [0.15, 0.2) is 42.5 Å². The number of nitrogens with zero attached hydrogens (tertiary/aromatic N) is 1. The van der Waals surface area contributed by atoms with E-state index in [2.05, 4.69) is 10.2 Å². The SMILES string of the molecule is COc1ccc(-c2n[nH]c(C(N)=O)c2Cc2ccc(C)c(Cl)c2)cc1. The van der Waals surface area contributed by atoms with Crippen LogP contribution < -0.4 is 10.5 Å². The maximum Gasteiger partial charge on any atom is 0.267 e. The summed E-state index contributed by atoms with van der Waals surface area (Å²) in [7, 11) is 1.61. The number of nitrogens with one attached hydrogen (secondary N) is 1. The number of ether oxygens (including phenoxy) is 1. The molecule has 128 valence electrons. The highest BCUT2D eigenvalue weighted by Gasteiger charge is 2.19. The van der Waals surface area contributed by atoms with Gasteiger partial charge in [0.15, 0.2) is 0 Å². The van der Waals surface area contributed by atoms with Gasteiger partial charge in [0.05, 0.1) is 12.8 Å². The summed E-state index contributed by atoms with van der Waals surface area (Å²) in [4.78, 5) is 11.8. The van der Waals surface area contributed by atoms with Crippen LogP contribution in [-0.2, 0) is 6.42 Å². The number of methoxy groups -OCH3 is 1. The third-order valence-corrected chi connectivity index (χ3v) is 4.50. The van der Waals surface area contributed by atoms with Crippen molar-refractivity contribution in [2.24, 2.45) is 5.73 Å². The largest absolute Gasteiger partial charge is 0.497 e. The van der Waals surface area contributed by atoms with Gasteiger partial charge in [-0.05, 0) is 48.4 Å². The first kappa shape index (κ1) is 17.0. The molecule has 0 atom stereocenters. The van der Waals surface area contributed by atoms with E-state index in [0.717, 1.165) is 28.0 Å². The lowest BCUT2D eigenvalue weighted by molar-refractivity contribution is 0.0995. The Balaban J connectivity index is 2.04. The topological polar surface area (TPSA) is 81.0 Å². The van der Waals surface area contributed by atoms with E-state index in [4.69, 9.17) is 22.1 Å². The fourth-order valence-corrected chi connectivity index (χ4v) is 2.88. The number of rotatable bonds is 5. The van der Waals surface area contributed by atoms with Crippen molar-refractivity contribution in [2.45, 2.75) is 13.3 Å². The van der Waals surface area contributed by atoms with Gasteiger partial charge in [-0.15, -0.1) is 0 Å². The molecule has 0 fully saturated rings. The molecule has 0 aliphatic carbocycles. The molecule has 1 amide bonds. The number of halogens is 1. The zero-order valence-corrected chi connectivity index (χ0v) is 14.7. The van der Waals surface area contributed by atoms with Crippen molar-refractivity contribution in [3.05, 3.63) is 69.9 Å². The number of carbonyl (C=O) groups excluding carboxylic acids is 1. The molecule has 0 saturated heterocycles. The van der Waals surface area contributed by atoms with E-state index in [9.17, 15) is 4.79 Å². The van der Waals surface area contributed by atoms with Gasteiger partial charge in [0.1, 0.15) is 11.4 Å². The predicted octanol–water partition coefficient (Wildman–Crippen LogP) is 3.74. The lowest BCUT2D eigenvalue weighted by Gasteiger charge is -2.07. The van der Waals surface area contributed by atoms with Crippen LogP contribution in [0.4, 0.5) is 0 Å². The number of aryl methyl sites for hydroxylation is 1. The second kappa shape index (κ2) is 6.99. The normalized spacial score (nSPS) is 10.7. The van der Waals surface area contributed by atoms with E-state index in [1.165, 1.54) is 0 Å². The first-order valence-electron chi connectivity index (χ1n) is 7.76. The highest BCUT2D eigenvalue weighted by atomic mass is 35.5. The molecule has 0 spiro atoms. The molecular weight excluding hydrogens is 338 g/mol. The molecule has 0 saturated carbocycles. The number of carbonyl (C=O) groups is 1. The lowest BCUT2D eigenvalue weighted by Crippen LogP contribution is -2.14. The van der Waals surface area contributed by atoms with Crippen LogP contribution in [-0.4, -0.2) is 23.2 Å². The van der Waals surface area contributed by atoms with E-state index in [1.54, 1.807) is 7.11 Å². The molecule has 25 heavy (non-hydrogen) atoms. The number of hydrogen-bond donors (Lipinski definition) is 2. The summed E-state index contributed by atoms with van der Waals surface area (Å²) in [5.41, 5.74) is 10.1. The summed E-state index contributed by atoms with van der Waals surface area (Å²) < 4.78 is 5.18. The Morgan fingerprint density at radius 1 is 1.24 bits per heavy atom. The van der Waals surface area contributed by atoms with Gasteiger partial charge in [0.2, 0.25) is 0 Å². The average Bonchev–Trinajstić information content (AvgIpc) is 3.02. The molecule has 3 rings (SSSR count). The average molecular weight is 356 g/mol. The quantitative estimate of drug-likeness (QED) is 0.731. The van der Waals surface area contributed by atoms with Crippen molar-refractivity contribution in [3.8, 4) is 17.0 Å². The summed E-state index contributed by atoms with van der Waals surface area (Å²) in [6, 6.07) is 13.3. The number of nitrogens with two attached hydrogens (primary N) is 1. The van der Waals surface area contributed by atoms with Crippen LogP contribution in [0.3, 0.4) is 0 Å². The molecule has 0 unspecified atom stereocenters. The Morgan fingerprint density at radius 2 is 1.96 bits per heavy atom. The second-order valence-electron chi connectivity index (χ2n) is 5.78. The Labute approximate surface area is 150 Å². The van der Waals surface area contributed by atoms with Crippen LogP contribution in [0.1, 0.15) is 27.2 Å². The van der Waals surface area contributed by atoms with Crippen molar-refractivity contribution in [3.63, 3.8) is 0 Å². The molecule has 0 aliphatic heterocycles. The minimum atomic E-state index is -0.541. The van der Waals surface area contributed by atoms with Crippen LogP contribution >= 0.6 is 11.6 Å². The van der Waals surface area contributed by atoms with Gasteiger partial charge in [0.25, 0.3) is 5.91 Å². The molecule has 3 aromatic rings. The Bertz CT molecular complexity index is 917. The molecule has 1 heterocycles. The lowest BCUT2D eigenvalue weighted by atomic mass is 9.98. The van der Waals surface area contributed by atoms with Gasteiger partial charge in [-0.2, -0.15) is 5.10 Å². The van der Waals surface area contributed by atoms with E-state index >= 15 is 0 Å². The number of benzene rings is 2. The van der Waals surface area contributed by atoms with E-state index in [-0.39, 0.29) is 0 Å². The van der Waals surface area contributed by atoms with Gasteiger partial charge >= 0.3 is 0 Å². The van der Waals surface area contributed by atoms with Gasteiger partial charge in [0, 0.05) is 22.6 Å². The van der Waals surface area contributed by atoms with Crippen LogP contribution in [0.2, 0.25) is 5.02 Å². The van der Waals surface area contributed by atoms with Crippen molar-refractivity contribution in [1.82, 2.24) is 10.2 Å². The van der Waals surface area contributed by atoms with Gasteiger partial charge in [-0.1, -0.05) is 23.7 Å². The fourth-order valence-electron chi connectivity index (χ4n) is 2.68. The smallest absolute Gasteiger partial charge is 0.267 e. The molecule has 5 nitrogen and oxygen atoms in total. The molecule has 0 bridgehead atoms. The molecule has 2 aromatic carbocycles. The fraction of sp³-hybridized carbons (Fsp3) is 0.158. The standard InChI is InChI=1S/C19H18ClN3O2/c1-11-3-4-12(10-16(11)20)9-15-17(22-23-18(15)19(21)24)13-5-7-14(25-2)8-6-13/h3-8,10H,9H2,1-2H3,(H2,21,24)(H,22,23). The van der Waals surface area contributed by atoms with Crippen LogP contribution in [0, 0.1) is 6.92 Å². The maximum absolute atomic E-state index is 11.8. The van der Waals surface area contributed by atoms with Gasteiger partial charge < -0.3 is 10.5 Å². The number of hydrogen-bond acceptors (Lipinski definition) is 3. The second-order valence-corrected chi connectivity index (χ2v) is 6.19. The minimum Gasteiger partial charge on any atom is -0.497 e. The summed E-state index contributed by atoms with van der Waals surface area (Å²) in [6.45, 7) is 1.95. The van der Waals surface area contributed by atoms with Crippen LogP contribution in [0.25, 0.3) is 11.3 Å². The monoisotopic (exact) mass is 355 g/mol. The van der Waals surface area contributed by atoms with E-state index < -0.39 is 5.91 Å². The number of H-pyrrole nitrogens is 1. The number of aromatic nitrogens is 2. The first-order chi connectivity index (χ1) is 12.0. The highest BCUT2D eigenvalue weighted by Crippen LogP contribution is 2.28. The summed E-state index contributed by atoms with van der Waals surface area (Å²) >= 11 is 6.22. The molecule has 0 aliphatic rings. The molecule has 0 radical (unpaired) electrons. The maximum atomic E-state index is 11.8. The molecule has 1 aromatic heterocycles. The predicted molar refractivity (Wildman–Crippen MR) is 98.1 cm³/mol. The third kappa shape index (κ3) is 3.51. The van der Waals surface area contributed by atoms with Crippen molar-refractivity contribution < 1.29 is 9.53 Å². The van der Waals surface area contributed by atoms with Crippen molar-refractivity contribution in [2.75, 3.05) is 7.11 Å². The Hall–Kier alpha value is -2.79. The number of amides is 1. The van der Waals surface area contributed by atoms with Gasteiger partial charge in [-0.25, -0.2) is 0 Å². The minimum absolute atomic E-state index is 0.308. The van der Waals surface area contributed by atoms with Crippen LogP contribution in [0.5, 0.6) is 5.75 Å². The first-order valence-corrected chi connectivity index (χ1v) is 8.14. The van der Waals surface area contributed by atoms with Crippen molar-refractivity contribution in [1.29, 1.82) is 0 Å². The molecule has 3 N–H and O–H groups in total. The molecule has 6 heteroatoms. The Morgan fingerprint density at radius 3 is 2.56 bits per heavy atom. The molecular formula is C19H18ClN3O2. The summed E-state index contributed by atoms with van der Waals surface area (Å²) in [6.07, 6.45) is 0.496. The third-order valence-electron chi connectivity index (χ3n) is 4.09.